The van der Waals surface area contributed by atoms with E-state index in [2.05, 4.69) is 15.1 Å². The molecule has 0 atom stereocenters. The van der Waals surface area contributed by atoms with Gasteiger partial charge in [0.15, 0.2) is 11.4 Å². The molecule has 0 saturated heterocycles. The van der Waals surface area contributed by atoms with Crippen molar-refractivity contribution < 1.29 is 10.2 Å². The van der Waals surface area contributed by atoms with Crippen LogP contribution in [0.5, 0.6) is 0 Å². The SMILES string of the molecule is N#Cc1nc(N2N=CC2(O)O)[nH]c1C#N. The third kappa shape index (κ3) is 1.21. The van der Waals surface area contributed by atoms with Gasteiger partial charge in [0.05, 0.1) is 0 Å². The Kier molecular flexibility index (Phi) is 1.70. The van der Waals surface area contributed by atoms with Crippen LogP contribution in [0.4, 0.5) is 5.95 Å². The molecule has 2 rings (SSSR count). The Hall–Kier alpha value is -2.42. The first-order chi connectivity index (χ1) is 7.08. The van der Waals surface area contributed by atoms with E-state index in [4.69, 9.17) is 10.5 Å². The first-order valence-electron chi connectivity index (χ1n) is 3.79. The molecule has 3 N–H and O–H groups in total. The Labute approximate surface area is 83.3 Å². The number of hydrogen-bond acceptors (Lipinski definition) is 7. The van der Waals surface area contributed by atoms with E-state index in [1.807, 2.05) is 0 Å². The first kappa shape index (κ1) is 9.15. The van der Waals surface area contributed by atoms with Crippen LogP contribution in [0, 0.1) is 22.7 Å². The third-order valence-corrected chi connectivity index (χ3v) is 1.77. The zero-order valence-electron chi connectivity index (χ0n) is 7.21. The van der Waals surface area contributed by atoms with Gasteiger partial charge in [-0.3, -0.25) is 0 Å². The van der Waals surface area contributed by atoms with E-state index >= 15 is 0 Å². The van der Waals surface area contributed by atoms with Gasteiger partial charge in [-0.1, -0.05) is 0 Å². The zero-order valence-corrected chi connectivity index (χ0v) is 7.21. The topological polar surface area (TPSA) is 132 Å². The van der Waals surface area contributed by atoms with E-state index in [0.717, 1.165) is 11.2 Å². The highest BCUT2D eigenvalue weighted by Crippen LogP contribution is 2.23. The number of aliphatic hydroxyl groups is 2. The molecule has 74 valence electrons. The molecule has 1 aromatic heterocycles. The van der Waals surface area contributed by atoms with Gasteiger partial charge >= 0.3 is 5.91 Å². The smallest absolute Gasteiger partial charge is 0.309 e. The number of hydrazone groups is 1. The van der Waals surface area contributed by atoms with Gasteiger partial charge in [0.2, 0.25) is 5.95 Å². The van der Waals surface area contributed by atoms with Crippen molar-refractivity contribution in [3.05, 3.63) is 11.4 Å². The monoisotopic (exact) mass is 204 g/mol. The van der Waals surface area contributed by atoms with Gasteiger partial charge in [-0.05, 0) is 0 Å². The average molecular weight is 204 g/mol. The molecular weight excluding hydrogens is 200 g/mol. The second-order valence-electron chi connectivity index (χ2n) is 2.75. The number of imidazole rings is 1. The van der Waals surface area contributed by atoms with Crippen LogP contribution in [0.3, 0.4) is 0 Å². The maximum Gasteiger partial charge on any atom is 0.309 e. The summed E-state index contributed by atoms with van der Waals surface area (Å²) in [6.45, 7) is 0. The summed E-state index contributed by atoms with van der Waals surface area (Å²) in [5, 5.41) is 39.8. The Balaban J connectivity index is 2.42. The lowest BCUT2D eigenvalue weighted by molar-refractivity contribution is -0.109. The average Bonchev–Trinajstić information content (AvgIpc) is 2.59. The summed E-state index contributed by atoms with van der Waals surface area (Å²) in [4.78, 5) is 6.11. The fraction of sp³-hybridized carbons (Fsp3) is 0.143. The number of nitriles is 2. The number of aromatic nitrogens is 2. The maximum absolute atomic E-state index is 9.18. The highest BCUT2D eigenvalue weighted by molar-refractivity contribution is 5.78. The van der Waals surface area contributed by atoms with Crippen LogP contribution in [0.25, 0.3) is 0 Å². The number of nitrogens with zero attached hydrogens (tertiary/aromatic N) is 5. The number of rotatable bonds is 1. The lowest BCUT2D eigenvalue weighted by Crippen LogP contribution is -2.55. The molecule has 15 heavy (non-hydrogen) atoms. The quantitative estimate of drug-likeness (QED) is 0.482. The summed E-state index contributed by atoms with van der Waals surface area (Å²) < 4.78 is 0. The third-order valence-electron chi connectivity index (χ3n) is 1.77. The molecule has 0 unspecified atom stereocenters. The standard InChI is InChI=1S/C7H4N6O2/c8-1-4-5(2-9)12-6(11-4)13-7(14,15)3-10-13/h3,14-15H,(H,11,12). The van der Waals surface area contributed by atoms with Crippen molar-refractivity contribution in [3.8, 4) is 12.1 Å². The van der Waals surface area contributed by atoms with Gasteiger partial charge in [0, 0.05) is 0 Å². The molecule has 0 aromatic carbocycles. The molecule has 0 saturated carbocycles. The van der Waals surface area contributed by atoms with Crippen LogP contribution in [0.1, 0.15) is 11.4 Å². The van der Waals surface area contributed by atoms with Crippen molar-refractivity contribution >= 4 is 12.2 Å². The molecule has 8 nitrogen and oxygen atoms in total. The lowest BCUT2D eigenvalue weighted by Gasteiger charge is -2.33. The van der Waals surface area contributed by atoms with Gasteiger partial charge < -0.3 is 15.2 Å². The van der Waals surface area contributed by atoms with Crippen LogP contribution in [0.2, 0.25) is 0 Å². The Morgan fingerprint density at radius 2 is 2.13 bits per heavy atom. The molecule has 0 bridgehead atoms. The van der Waals surface area contributed by atoms with Crippen molar-refractivity contribution in [2.75, 3.05) is 5.01 Å². The second kappa shape index (κ2) is 2.78. The molecule has 0 amide bonds. The number of hydrogen-bond donors (Lipinski definition) is 3. The molecule has 2 heterocycles. The van der Waals surface area contributed by atoms with E-state index in [1.165, 1.54) is 0 Å². The van der Waals surface area contributed by atoms with Crippen molar-refractivity contribution in [1.82, 2.24) is 9.97 Å². The lowest BCUT2D eigenvalue weighted by atomic mass is 10.4. The molecule has 0 radical (unpaired) electrons. The fourth-order valence-electron chi connectivity index (χ4n) is 1.05. The Morgan fingerprint density at radius 3 is 2.47 bits per heavy atom. The Bertz CT molecular complexity index is 485. The molecule has 0 fully saturated rings. The number of anilines is 1. The van der Waals surface area contributed by atoms with Crippen LogP contribution in [0.15, 0.2) is 5.10 Å². The summed E-state index contributed by atoms with van der Waals surface area (Å²) >= 11 is 0. The van der Waals surface area contributed by atoms with E-state index in [0.29, 0.717) is 0 Å². The van der Waals surface area contributed by atoms with Crippen LogP contribution in [-0.2, 0) is 0 Å². The van der Waals surface area contributed by atoms with Crippen molar-refractivity contribution in [2.24, 2.45) is 5.10 Å². The zero-order chi connectivity index (χ0) is 11.1. The minimum atomic E-state index is -2.22. The van der Waals surface area contributed by atoms with E-state index in [9.17, 15) is 10.2 Å². The predicted octanol–water partition coefficient (Wildman–Crippen LogP) is -1.40. The van der Waals surface area contributed by atoms with Gasteiger partial charge in [-0.15, -0.1) is 0 Å². The fourth-order valence-corrected chi connectivity index (χ4v) is 1.05. The van der Waals surface area contributed by atoms with Gasteiger partial charge in [0.25, 0.3) is 0 Å². The van der Waals surface area contributed by atoms with Crippen molar-refractivity contribution in [2.45, 2.75) is 5.91 Å². The molecule has 1 aliphatic heterocycles. The minimum Gasteiger partial charge on any atom is -0.343 e. The van der Waals surface area contributed by atoms with Crippen molar-refractivity contribution in [1.29, 1.82) is 10.5 Å². The number of H-pyrrole nitrogens is 1. The largest absolute Gasteiger partial charge is 0.343 e. The van der Waals surface area contributed by atoms with Crippen molar-refractivity contribution in [3.63, 3.8) is 0 Å². The van der Waals surface area contributed by atoms with Crippen LogP contribution in [-0.4, -0.2) is 32.3 Å². The summed E-state index contributed by atoms with van der Waals surface area (Å²) in [7, 11) is 0. The van der Waals surface area contributed by atoms with Crippen LogP contribution < -0.4 is 5.01 Å². The Morgan fingerprint density at radius 1 is 1.40 bits per heavy atom. The first-order valence-corrected chi connectivity index (χ1v) is 3.79. The van der Waals surface area contributed by atoms with Gasteiger partial charge in [-0.2, -0.15) is 25.6 Å². The number of nitrogens with one attached hydrogen (secondary N) is 1. The highest BCUT2D eigenvalue weighted by atomic mass is 16.5. The maximum atomic E-state index is 9.18. The normalized spacial score (nSPS) is 16.7. The van der Waals surface area contributed by atoms with Crippen LogP contribution >= 0.6 is 0 Å². The van der Waals surface area contributed by atoms with Gasteiger partial charge in [0.1, 0.15) is 18.4 Å². The number of aromatic amines is 1. The van der Waals surface area contributed by atoms with E-state index < -0.39 is 5.91 Å². The molecule has 0 aliphatic carbocycles. The minimum absolute atomic E-state index is 0.0506. The second-order valence-corrected chi connectivity index (χ2v) is 2.75. The predicted molar refractivity (Wildman–Crippen MR) is 46.2 cm³/mol. The molecule has 8 heteroatoms. The molecule has 0 spiro atoms. The van der Waals surface area contributed by atoms with E-state index in [-0.39, 0.29) is 17.3 Å². The summed E-state index contributed by atoms with van der Waals surface area (Å²) in [5.74, 6) is -2.30. The van der Waals surface area contributed by atoms with E-state index in [1.54, 1.807) is 12.1 Å². The summed E-state index contributed by atoms with van der Waals surface area (Å²) in [6, 6.07) is 3.41. The van der Waals surface area contributed by atoms with Gasteiger partial charge in [-0.25, -0.2) is 0 Å². The summed E-state index contributed by atoms with van der Waals surface area (Å²) in [5.41, 5.74) is -0.171. The highest BCUT2D eigenvalue weighted by Gasteiger charge is 2.40. The summed E-state index contributed by atoms with van der Waals surface area (Å²) in [6.07, 6.45) is 0.883. The molecule has 1 aromatic rings. The molecule has 1 aliphatic rings. The molecular formula is C7H4N6O2.